The summed E-state index contributed by atoms with van der Waals surface area (Å²) < 4.78 is 1.01. The average Bonchev–Trinajstić information content (AvgIpc) is 2.56. The van der Waals surface area contributed by atoms with Crippen molar-refractivity contribution in [3.8, 4) is 0 Å². The van der Waals surface area contributed by atoms with Crippen LogP contribution in [-0.2, 0) is 11.8 Å². The maximum Gasteiger partial charge on any atom is 0.163 e. The van der Waals surface area contributed by atoms with Crippen LogP contribution in [0, 0.1) is 23.7 Å². The largest absolute Gasteiger partial charge is 0.163 e. The summed E-state index contributed by atoms with van der Waals surface area (Å²) >= 11 is 4.07. The molecule has 3 rings (SSSR count). The second kappa shape index (κ2) is 7.81. The van der Waals surface area contributed by atoms with Gasteiger partial charge in [0.05, 0.1) is 0 Å². The van der Waals surface area contributed by atoms with E-state index in [-0.39, 0.29) is 0 Å². The monoisotopic (exact) mass is 313 g/mol. The van der Waals surface area contributed by atoms with Gasteiger partial charge in [-0.2, -0.15) is 0 Å². The molecule has 2 aliphatic carbocycles. The Balaban J connectivity index is 1.42. The first-order chi connectivity index (χ1) is 9.86. The molecule has 0 aromatic rings. The fourth-order valence-electron chi connectivity index (χ4n) is 4.79. The molecule has 1 aliphatic heterocycles. The Morgan fingerprint density at radius 2 is 1.45 bits per heavy atom. The molecule has 0 N–H and O–H groups in total. The molecule has 1 saturated heterocycles. The van der Waals surface area contributed by atoms with Crippen molar-refractivity contribution in [1.82, 2.24) is 0 Å². The molecular formula is C18H33S2+. The fraction of sp³-hybridized carbons (Fsp3) is 1.00. The topological polar surface area (TPSA) is 0 Å². The highest BCUT2D eigenvalue weighted by Crippen LogP contribution is 2.44. The molecule has 20 heavy (non-hydrogen) atoms. The van der Waals surface area contributed by atoms with Crippen molar-refractivity contribution in [1.29, 1.82) is 0 Å². The van der Waals surface area contributed by atoms with Gasteiger partial charge in [-0.15, -0.1) is 11.8 Å². The summed E-state index contributed by atoms with van der Waals surface area (Å²) in [5.41, 5.74) is 0. The SMILES string of the molecule is CCC1CCC(C2CCC(C3SCCC[SH+]3)CC2)CC1. The summed E-state index contributed by atoms with van der Waals surface area (Å²) in [6, 6.07) is 0. The summed E-state index contributed by atoms with van der Waals surface area (Å²) in [6.45, 7) is 2.39. The summed E-state index contributed by atoms with van der Waals surface area (Å²) in [5, 5.41) is 0. The van der Waals surface area contributed by atoms with E-state index in [4.69, 9.17) is 0 Å². The van der Waals surface area contributed by atoms with Crippen molar-refractivity contribution in [3.05, 3.63) is 0 Å². The number of thioether (sulfide) groups is 1. The zero-order chi connectivity index (χ0) is 13.8. The van der Waals surface area contributed by atoms with Crippen molar-refractivity contribution in [2.75, 3.05) is 11.5 Å². The van der Waals surface area contributed by atoms with Crippen molar-refractivity contribution in [2.24, 2.45) is 23.7 Å². The van der Waals surface area contributed by atoms with Gasteiger partial charge in [-0.3, -0.25) is 0 Å². The highest BCUT2D eigenvalue weighted by Gasteiger charge is 2.36. The Morgan fingerprint density at radius 3 is 2.00 bits per heavy atom. The van der Waals surface area contributed by atoms with E-state index in [9.17, 15) is 0 Å². The Bertz CT molecular complexity index is 269. The molecule has 1 heterocycles. The molecule has 3 aliphatic rings. The second-order valence-corrected chi connectivity index (χ2v) is 10.4. The molecule has 0 amide bonds. The van der Waals surface area contributed by atoms with Crippen LogP contribution in [0.2, 0.25) is 0 Å². The minimum Gasteiger partial charge on any atom is -0.105 e. The number of hydrogen-bond donors (Lipinski definition) is 0. The molecule has 0 aromatic carbocycles. The smallest absolute Gasteiger partial charge is 0.105 e. The van der Waals surface area contributed by atoms with Crippen LogP contribution in [0.3, 0.4) is 0 Å². The minimum absolute atomic E-state index is 1.01. The Labute approximate surface area is 134 Å². The van der Waals surface area contributed by atoms with Crippen LogP contribution in [0.15, 0.2) is 0 Å². The normalized spacial score (nSPS) is 43.4. The molecule has 1 unspecified atom stereocenters. The van der Waals surface area contributed by atoms with Crippen LogP contribution in [0.4, 0.5) is 0 Å². The van der Waals surface area contributed by atoms with Crippen LogP contribution in [0.1, 0.15) is 71.1 Å². The van der Waals surface area contributed by atoms with E-state index >= 15 is 0 Å². The van der Waals surface area contributed by atoms with E-state index in [2.05, 4.69) is 18.7 Å². The van der Waals surface area contributed by atoms with Crippen LogP contribution in [-0.4, -0.2) is 16.1 Å². The Morgan fingerprint density at radius 1 is 0.850 bits per heavy atom. The summed E-state index contributed by atoms with van der Waals surface area (Å²) in [7, 11) is 0. The van der Waals surface area contributed by atoms with Crippen LogP contribution >= 0.6 is 11.8 Å². The first kappa shape index (κ1) is 15.6. The molecule has 0 nitrogen and oxygen atoms in total. The first-order valence-corrected chi connectivity index (χ1v) is 11.3. The van der Waals surface area contributed by atoms with Crippen molar-refractivity contribution in [2.45, 2.75) is 75.7 Å². The van der Waals surface area contributed by atoms with E-state index in [1.807, 2.05) is 0 Å². The lowest BCUT2D eigenvalue weighted by Gasteiger charge is -2.38. The highest BCUT2D eigenvalue weighted by atomic mass is 32.2. The van der Waals surface area contributed by atoms with E-state index in [0.29, 0.717) is 0 Å². The predicted octanol–water partition coefficient (Wildman–Crippen LogP) is 5.29. The predicted molar refractivity (Wildman–Crippen MR) is 95.7 cm³/mol. The van der Waals surface area contributed by atoms with Crippen LogP contribution in [0.5, 0.6) is 0 Å². The quantitative estimate of drug-likeness (QED) is 0.504. The van der Waals surface area contributed by atoms with Gasteiger partial charge in [0, 0.05) is 18.1 Å². The van der Waals surface area contributed by atoms with E-state index < -0.39 is 0 Å². The lowest BCUT2D eigenvalue weighted by Crippen LogP contribution is -2.31. The maximum absolute atomic E-state index is 2.39. The molecule has 0 spiro atoms. The van der Waals surface area contributed by atoms with Crippen molar-refractivity contribution >= 4 is 23.5 Å². The van der Waals surface area contributed by atoms with Gasteiger partial charge in [-0.25, -0.2) is 0 Å². The zero-order valence-corrected chi connectivity index (χ0v) is 14.9. The third-order valence-corrected chi connectivity index (χ3v) is 9.76. The second-order valence-electron chi connectivity index (χ2n) is 7.39. The van der Waals surface area contributed by atoms with Gasteiger partial charge < -0.3 is 0 Å². The average molecular weight is 314 g/mol. The van der Waals surface area contributed by atoms with Gasteiger partial charge in [-0.1, -0.05) is 26.2 Å². The van der Waals surface area contributed by atoms with Gasteiger partial charge in [0.15, 0.2) is 4.58 Å². The third kappa shape index (κ3) is 3.91. The van der Waals surface area contributed by atoms with Crippen molar-refractivity contribution < 1.29 is 0 Å². The third-order valence-electron chi connectivity index (χ3n) is 6.26. The Hall–Kier alpha value is 0.700. The lowest BCUT2D eigenvalue weighted by molar-refractivity contribution is 0.148. The molecule has 2 heteroatoms. The van der Waals surface area contributed by atoms with E-state index in [0.717, 1.165) is 28.3 Å². The number of hydrogen-bond acceptors (Lipinski definition) is 1. The molecule has 3 fully saturated rings. The summed E-state index contributed by atoms with van der Waals surface area (Å²) in [6.07, 6.45) is 15.4. The number of rotatable bonds is 3. The molecule has 0 bridgehead atoms. The van der Waals surface area contributed by atoms with Crippen LogP contribution in [0.25, 0.3) is 0 Å². The van der Waals surface area contributed by atoms with Crippen molar-refractivity contribution in [3.63, 3.8) is 0 Å². The highest BCUT2D eigenvalue weighted by molar-refractivity contribution is 8.10. The summed E-state index contributed by atoms with van der Waals surface area (Å²) in [4.78, 5) is 0. The zero-order valence-electron chi connectivity index (χ0n) is 13.2. The van der Waals surface area contributed by atoms with Gasteiger partial charge in [0.25, 0.3) is 0 Å². The lowest BCUT2D eigenvalue weighted by atomic mass is 9.69. The first-order valence-electron chi connectivity index (χ1n) is 9.15. The van der Waals surface area contributed by atoms with Crippen LogP contribution < -0.4 is 0 Å². The number of thiol groups is 1. The Kier molecular flexibility index (Phi) is 6.09. The van der Waals surface area contributed by atoms with Gasteiger partial charge in [0.2, 0.25) is 0 Å². The standard InChI is InChI=1S/C18H32S2/c1-2-14-4-6-15(7-5-14)16-8-10-17(11-9-16)18-19-12-3-13-20-18/h14-18H,2-13H2,1H3/p+1. The van der Waals surface area contributed by atoms with Gasteiger partial charge in [-0.05, 0) is 68.0 Å². The van der Waals surface area contributed by atoms with E-state index in [1.54, 1.807) is 50.3 Å². The van der Waals surface area contributed by atoms with Gasteiger partial charge in [0.1, 0.15) is 5.75 Å². The molecule has 0 aromatic heterocycles. The molecular weight excluding hydrogens is 280 g/mol. The van der Waals surface area contributed by atoms with Gasteiger partial charge >= 0.3 is 0 Å². The fourth-order valence-corrected chi connectivity index (χ4v) is 8.35. The minimum atomic E-state index is 1.01. The molecule has 0 radical (unpaired) electrons. The molecule has 1 atom stereocenters. The molecule has 116 valence electrons. The molecule has 2 saturated carbocycles. The summed E-state index contributed by atoms with van der Waals surface area (Å²) in [5.74, 6) is 7.28. The maximum atomic E-state index is 2.39. The van der Waals surface area contributed by atoms with E-state index in [1.165, 1.54) is 37.2 Å².